The van der Waals surface area contributed by atoms with Gasteiger partial charge in [-0.1, -0.05) is 18.2 Å². The number of hydrogen-bond acceptors (Lipinski definition) is 4. The van der Waals surface area contributed by atoms with Crippen LogP contribution < -0.4 is 5.32 Å². The Labute approximate surface area is 135 Å². The van der Waals surface area contributed by atoms with Crippen LogP contribution in [0.4, 0.5) is 0 Å². The lowest BCUT2D eigenvalue weighted by Gasteiger charge is -2.31. The first-order valence-electron chi connectivity index (χ1n) is 7.78. The molecule has 0 unspecified atom stereocenters. The fraction of sp³-hybridized carbons (Fsp3) is 0.412. The maximum atomic E-state index is 12.3. The third-order valence-electron chi connectivity index (χ3n) is 4.12. The van der Waals surface area contributed by atoms with Crippen LogP contribution in [0.3, 0.4) is 0 Å². The number of benzene rings is 1. The van der Waals surface area contributed by atoms with Gasteiger partial charge in [0, 0.05) is 38.3 Å². The van der Waals surface area contributed by atoms with Crippen LogP contribution in [0.2, 0.25) is 0 Å². The fourth-order valence-corrected chi connectivity index (χ4v) is 2.68. The molecule has 1 aromatic carbocycles. The summed E-state index contributed by atoms with van der Waals surface area (Å²) in [4.78, 5) is 12.3. The van der Waals surface area contributed by atoms with Crippen LogP contribution in [0.5, 0.6) is 0 Å². The van der Waals surface area contributed by atoms with Gasteiger partial charge in [-0.2, -0.15) is 5.10 Å². The zero-order valence-corrected chi connectivity index (χ0v) is 13.2. The number of ether oxygens (including phenoxy) is 1. The quantitative estimate of drug-likeness (QED) is 0.895. The van der Waals surface area contributed by atoms with Crippen LogP contribution in [0.25, 0.3) is 5.69 Å². The highest BCUT2D eigenvalue weighted by Gasteiger charge is 2.30. The van der Waals surface area contributed by atoms with Gasteiger partial charge < -0.3 is 15.2 Å². The number of aryl methyl sites for hydroxylation is 1. The van der Waals surface area contributed by atoms with Crippen molar-refractivity contribution in [3.05, 3.63) is 47.8 Å². The zero-order valence-electron chi connectivity index (χ0n) is 13.2. The van der Waals surface area contributed by atoms with E-state index in [0.717, 1.165) is 11.4 Å². The summed E-state index contributed by atoms with van der Waals surface area (Å²) >= 11 is 0. The van der Waals surface area contributed by atoms with Crippen molar-refractivity contribution in [1.29, 1.82) is 0 Å². The van der Waals surface area contributed by atoms with E-state index in [1.807, 2.05) is 37.3 Å². The van der Waals surface area contributed by atoms with Gasteiger partial charge in [0.25, 0.3) is 5.91 Å². The first-order chi connectivity index (χ1) is 11.1. The average Bonchev–Trinajstić information content (AvgIpc) is 2.96. The molecule has 2 N–H and O–H groups in total. The molecular weight excluding hydrogens is 294 g/mol. The first-order valence-corrected chi connectivity index (χ1v) is 7.78. The number of aliphatic hydroxyl groups is 1. The van der Waals surface area contributed by atoms with E-state index in [1.54, 1.807) is 10.7 Å². The van der Waals surface area contributed by atoms with Crippen molar-refractivity contribution >= 4 is 5.91 Å². The standard InChI is InChI=1S/C17H21N3O3/c1-13-11-15(19-20(13)14-5-3-2-4-6-14)16(21)18-12-17(22)7-9-23-10-8-17/h2-6,11,22H,7-10,12H2,1H3,(H,18,21). The molecule has 3 rings (SSSR count). The summed E-state index contributed by atoms with van der Waals surface area (Å²) in [6, 6.07) is 11.4. The van der Waals surface area contributed by atoms with Gasteiger partial charge in [-0.3, -0.25) is 4.79 Å². The number of carbonyl (C=O) groups is 1. The van der Waals surface area contributed by atoms with Crippen molar-refractivity contribution in [2.75, 3.05) is 19.8 Å². The lowest BCUT2D eigenvalue weighted by atomic mass is 9.94. The molecule has 6 heteroatoms. The Hall–Kier alpha value is -2.18. The van der Waals surface area contributed by atoms with Crippen molar-refractivity contribution in [3.63, 3.8) is 0 Å². The molecule has 1 aliphatic rings. The number of amides is 1. The van der Waals surface area contributed by atoms with Gasteiger partial charge in [0.2, 0.25) is 0 Å². The Balaban J connectivity index is 1.68. The van der Waals surface area contributed by atoms with E-state index in [-0.39, 0.29) is 12.5 Å². The molecule has 0 saturated carbocycles. The highest BCUT2D eigenvalue weighted by atomic mass is 16.5. The second kappa shape index (κ2) is 6.52. The second-order valence-electron chi connectivity index (χ2n) is 5.94. The highest BCUT2D eigenvalue weighted by Crippen LogP contribution is 2.19. The van der Waals surface area contributed by atoms with E-state index in [4.69, 9.17) is 4.74 Å². The van der Waals surface area contributed by atoms with Gasteiger partial charge >= 0.3 is 0 Å². The highest BCUT2D eigenvalue weighted by molar-refractivity contribution is 5.92. The number of carbonyl (C=O) groups excluding carboxylic acids is 1. The van der Waals surface area contributed by atoms with Crippen molar-refractivity contribution in [1.82, 2.24) is 15.1 Å². The van der Waals surface area contributed by atoms with Crippen molar-refractivity contribution < 1.29 is 14.6 Å². The van der Waals surface area contributed by atoms with E-state index in [2.05, 4.69) is 10.4 Å². The summed E-state index contributed by atoms with van der Waals surface area (Å²) < 4.78 is 6.97. The largest absolute Gasteiger partial charge is 0.388 e. The Morgan fingerprint density at radius 1 is 1.35 bits per heavy atom. The van der Waals surface area contributed by atoms with E-state index >= 15 is 0 Å². The van der Waals surface area contributed by atoms with Crippen LogP contribution in [-0.2, 0) is 4.74 Å². The maximum absolute atomic E-state index is 12.3. The van der Waals surface area contributed by atoms with Gasteiger partial charge in [-0.15, -0.1) is 0 Å². The molecule has 6 nitrogen and oxygen atoms in total. The number of nitrogens with zero attached hydrogens (tertiary/aromatic N) is 2. The molecule has 0 atom stereocenters. The van der Waals surface area contributed by atoms with Gasteiger partial charge in [-0.05, 0) is 25.1 Å². The molecular formula is C17H21N3O3. The Morgan fingerprint density at radius 2 is 2.04 bits per heavy atom. The van der Waals surface area contributed by atoms with E-state index < -0.39 is 5.60 Å². The first kappa shape index (κ1) is 15.7. The molecule has 0 radical (unpaired) electrons. The summed E-state index contributed by atoms with van der Waals surface area (Å²) in [6.45, 7) is 3.16. The summed E-state index contributed by atoms with van der Waals surface area (Å²) in [6.07, 6.45) is 1.07. The molecule has 23 heavy (non-hydrogen) atoms. The van der Waals surface area contributed by atoms with E-state index in [1.165, 1.54) is 0 Å². The number of rotatable bonds is 4. The molecule has 0 bridgehead atoms. The van der Waals surface area contributed by atoms with Crippen molar-refractivity contribution in [2.45, 2.75) is 25.4 Å². The van der Waals surface area contributed by atoms with Gasteiger partial charge in [0.05, 0.1) is 11.3 Å². The Morgan fingerprint density at radius 3 is 2.74 bits per heavy atom. The van der Waals surface area contributed by atoms with Gasteiger partial charge in [0.1, 0.15) is 0 Å². The number of para-hydroxylation sites is 1. The Kier molecular flexibility index (Phi) is 4.45. The predicted octanol–water partition coefficient (Wildman–Crippen LogP) is 1.45. The van der Waals surface area contributed by atoms with Gasteiger partial charge in [0.15, 0.2) is 5.69 Å². The minimum atomic E-state index is -0.884. The van der Waals surface area contributed by atoms with Crippen LogP contribution >= 0.6 is 0 Å². The summed E-state index contributed by atoms with van der Waals surface area (Å²) in [5.74, 6) is -0.275. The monoisotopic (exact) mass is 315 g/mol. The lowest BCUT2D eigenvalue weighted by molar-refractivity contribution is -0.0605. The molecule has 2 heterocycles. The molecule has 1 saturated heterocycles. The SMILES string of the molecule is Cc1cc(C(=O)NCC2(O)CCOCC2)nn1-c1ccccc1. The lowest BCUT2D eigenvalue weighted by Crippen LogP contribution is -2.46. The van der Waals surface area contributed by atoms with Crippen molar-refractivity contribution in [2.24, 2.45) is 0 Å². The molecule has 0 spiro atoms. The minimum absolute atomic E-state index is 0.215. The van der Waals surface area contributed by atoms with E-state index in [9.17, 15) is 9.90 Å². The van der Waals surface area contributed by atoms with E-state index in [0.29, 0.717) is 31.7 Å². The van der Waals surface area contributed by atoms with Crippen LogP contribution in [0.15, 0.2) is 36.4 Å². The zero-order chi connectivity index (χ0) is 16.3. The molecule has 1 aromatic heterocycles. The fourth-order valence-electron chi connectivity index (χ4n) is 2.68. The third-order valence-corrected chi connectivity index (χ3v) is 4.12. The molecule has 1 amide bonds. The molecule has 2 aromatic rings. The molecule has 1 fully saturated rings. The second-order valence-corrected chi connectivity index (χ2v) is 5.94. The van der Waals surface area contributed by atoms with Crippen LogP contribution in [0, 0.1) is 6.92 Å². The maximum Gasteiger partial charge on any atom is 0.271 e. The van der Waals surface area contributed by atoms with Crippen LogP contribution in [-0.4, -0.2) is 46.2 Å². The average molecular weight is 315 g/mol. The topological polar surface area (TPSA) is 76.4 Å². The number of hydrogen-bond donors (Lipinski definition) is 2. The summed E-state index contributed by atoms with van der Waals surface area (Å²) in [7, 11) is 0. The summed E-state index contributed by atoms with van der Waals surface area (Å²) in [5, 5.41) is 17.5. The van der Waals surface area contributed by atoms with Crippen LogP contribution in [0.1, 0.15) is 29.0 Å². The number of nitrogens with one attached hydrogen (secondary N) is 1. The number of aromatic nitrogens is 2. The third kappa shape index (κ3) is 3.60. The molecule has 0 aliphatic carbocycles. The summed E-state index contributed by atoms with van der Waals surface area (Å²) in [5.41, 5.74) is 1.26. The Bertz CT molecular complexity index is 676. The molecule has 122 valence electrons. The minimum Gasteiger partial charge on any atom is -0.388 e. The smallest absolute Gasteiger partial charge is 0.271 e. The normalized spacial score (nSPS) is 17.0. The van der Waals surface area contributed by atoms with Crippen molar-refractivity contribution in [3.8, 4) is 5.69 Å². The van der Waals surface area contributed by atoms with Gasteiger partial charge in [-0.25, -0.2) is 4.68 Å². The predicted molar refractivity (Wildman–Crippen MR) is 85.6 cm³/mol. The molecule has 1 aliphatic heterocycles.